The van der Waals surface area contributed by atoms with E-state index >= 15 is 0 Å². The van der Waals surface area contributed by atoms with Gasteiger partial charge in [-0.25, -0.2) is 0 Å². The summed E-state index contributed by atoms with van der Waals surface area (Å²) in [6.07, 6.45) is -9.89. The molecule has 0 amide bonds. The standard InChI is InChI=1S/C14H22F6N2O2/c15-13(16,17)23-11-5-7(1-3-9(11)21)8-2-4-10(22)12(6-8)24-14(18,19)20/h7-12H,1-6,21-22H2. The van der Waals surface area contributed by atoms with Crippen LogP contribution < -0.4 is 11.5 Å². The maximum atomic E-state index is 12.4. The van der Waals surface area contributed by atoms with E-state index in [1.807, 2.05) is 0 Å². The maximum Gasteiger partial charge on any atom is 0.522 e. The summed E-state index contributed by atoms with van der Waals surface area (Å²) >= 11 is 0. The predicted molar refractivity (Wildman–Crippen MR) is 72.5 cm³/mol. The molecule has 0 aromatic carbocycles. The molecule has 2 fully saturated rings. The van der Waals surface area contributed by atoms with Gasteiger partial charge in [-0.1, -0.05) is 0 Å². The van der Waals surface area contributed by atoms with Gasteiger partial charge in [-0.3, -0.25) is 9.47 Å². The SMILES string of the molecule is NC1CCC(C2CCC(N)C(OC(F)(F)F)C2)CC1OC(F)(F)F. The first kappa shape index (κ1) is 19.7. The van der Waals surface area contributed by atoms with Crippen LogP contribution in [0.15, 0.2) is 0 Å². The minimum atomic E-state index is -4.78. The first-order valence-electron chi connectivity index (χ1n) is 7.95. The van der Waals surface area contributed by atoms with E-state index in [1.165, 1.54) is 0 Å². The van der Waals surface area contributed by atoms with Gasteiger partial charge in [0.05, 0.1) is 12.2 Å². The van der Waals surface area contributed by atoms with Crippen molar-refractivity contribution in [2.75, 3.05) is 0 Å². The summed E-state index contributed by atoms with van der Waals surface area (Å²) in [5, 5.41) is 0. The molecule has 142 valence electrons. The summed E-state index contributed by atoms with van der Waals surface area (Å²) in [6, 6.07) is -1.45. The highest BCUT2D eigenvalue weighted by Gasteiger charge is 2.44. The Labute approximate surface area is 135 Å². The molecule has 0 saturated heterocycles. The van der Waals surface area contributed by atoms with Crippen molar-refractivity contribution < 1.29 is 35.8 Å². The van der Waals surface area contributed by atoms with E-state index in [2.05, 4.69) is 9.47 Å². The highest BCUT2D eigenvalue weighted by molar-refractivity contribution is 4.92. The van der Waals surface area contributed by atoms with Gasteiger partial charge in [-0.15, -0.1) is 26.3 Å². The summed E-state index contributed by atoms with van der Waals surface area (Å²) in [4.78, 5) is 0. The van der Waals surface area contributed by atoms with Crippen LogP contribution in [0.25, 0.3) is 0 Å². The average molecular weight is 364 g/mol. The molecule has 2 aliphatic rings. The molecular weight excluding hydrogens is 342 g/mol. The third kappa shape index (κ3) is 5.75. The molecule has 4 nitrogen and oxygen atoms in total. The van der Waals surface area contributed by atoms with Gasteiger partial charge >= 0.3 is 12.7 Å². The maximum absolute atomic E-state index is 12.4. The number of alkyl halides is 6. The summed E-state index contributed by atoms with van der Waals surface area (Å²) in [5.74, 6) is -0.354. The number of rotatable bonds is 3. The van der Waals surface area contributed by atoms with Crippen molar-refractivity contribution in [1.29, 1.82) is 0 Å². The molecular formula is C14H22F6N2O2. The van der Waals surface area contributed by atoms with Crippen molar-refractivity contribution in [2.24, 2.45) is 23.3 Å². The van der Waals surface area contributed by atoms with Crippen molar-refractivity contribution in [3.63, 3.8) is 0 Å². The Morgan fingerprint density at radius 3 is 1.25 bits per heavy atom. The number of ether oxygens (including phenoxy) is 2. The monoisotopic (exact) mass is 364 g/mol. The summed E-state index contributed by atoms with van der Waals surface area (Å²) in [5.41, 5.74) is 11.4. The fourth-order valence-electron chi connectivity index (χ4n) is 3.84. The van der Waals surface area contributed by atoms with E-state index in [4.69, 9.17) is 11.5 Å². The van der Waals surface area contributed by atoms with Crippen molar-refractivity contribution >= 4 is 0 Å². The van der Waals surface area contributed by atoms with Crippen LogP contribution in [0, 0.1) is 11.8 Å². The minimum Gasteiger partial charge on any atom is -0.325 e. The van der Waals surface area contributed by atoms with Gasteiger partial charge in [-0.2, -0.15) is 0 Å². The van der Waals surface area contributed by atoms with E-state index in [0.29, 0.717) is 25.7 Å². The molecule has 0 aromatic rings. The van der Waals surface area contributed by atoms with Crippen molar-refractivity contribution in [1.82, 2.24) is 0 Å². The lowest BCUT2D eigenvalue weighted by Crippen LogP contribution is -2.49. The normalized spacial score (nSPS) is 39.0. The first-order chi connectivity index (χ1) is 10.9. The summed E-state index contributed by atoms with van der Waals surface area (Å²) in [6.45, 7) is 0. The third-order valence-corrected chi connectivity index (χ3v) is 5.00. The number of hydrogen-bond acceptors (Lipinski definition) is 4. The second-order valence-corrected chi connectivity index (χ2v) is 6.68. The smallest absolute Gasteiger partial charge is 0.325 e. The van der Waals surface area contributed by atoms with E-state index in [9.17, 15) is 26.3 Å². The van der Waals surface area contributed by atoms with Crippen LogP contribution >= 0.6 is 0 Å². The van der Waals surface area contributed by atoms with Crippen LogP contribution in [0.3, 0.4) is 0 Å². The Morgan fingerprint density at radius 1 is 0.625 bits per heavy atom. The summed E-state index contributed by atoms with van der Waals surface area (Å²) in [7, 11) is 0. The molecule has 0 radical (unpaired) electrons. The molecule has 0 bridgehead atoms. The molecule has 2 saturated carbocycles. The van der Waals surface area contributed by atoms with Gasteiger partial charge in [0.1, 0.15) is 0 Å². The Kier molecular flexibility index (Phi) is 6.04. The minimum absolute atomic E-state index is 0.0827. The van der Waals surface area contributed by atoms with Gasteiger partial charge < -0.3 is 11.5 Å². The molecule has 6 atom stereocenters. The number of hydrogen-bond donors (Lipinski definition) is 2. The van der Waals surface area contributed by atoms with Gasteiger partial charge in [0.25, 0.3) is 0 Å². The topological polar surface area (TPSA) is 70.5 Å². The predicted octanol–water partition coefficient (Wildman–Crippen LogP) is 3.05. The molecule has 0 aliphatic heterocycles. The Bertz CT molecular complexity index is 379. The zero-order valence-electron chi connectivity index (χ0n) is 12.9. The fraction of sp³-hybridized carbons (Fsp3) is 1.00. The highest BCUT2D eigenvalue weighted by Crippen LogP contribution is 2.41. The van der Waals surface area contributed by atoms with Gasteiger partial charge in [0, 0.05) is 12.1 Å². The van der Waals surface area contributed by atoms with Crippen LogP contribution in [0.1, 0.15) is 38.5 Å². The molecule has 6 unspecified atom stereocenters. The molecule has 10 heteroatoms. The van der Waals surface area contributed by atoms with Crippen molar-refractivity contribution in [3.8, 4) is 0 Å². The second-order valence-electron chi connectivity index (χ2n) is 6.68. The molecule has 0 heterocycles. The molecule has 0 aromatic heterocycles. The average Bonchev–Trinajstić information content (AvgIpc) is 2.41. The third-order valence-electron chi connectivity index (χ3n) is 5.00. The van der Waals surface area contributed by atoms with Crippen LogP contribution in [-0.4, -0.2) is 37.0 Å². The Hall–Kier alpha value is -0.580. The number of nitrogens with two attached hydrogens (primary N) is 2. The molecule has 2 aliphatic carbocycles. The van der Waals surface area contributed by atoms with E-state index < -0.39 is 37.0 Å². The van der Waals surface area contributed by atoms with Gasteiger partial charge in [0.15, 0.2) is 0 Å². The number of halogens is 6. The van der Waals surface area contributed by atoms with Crippen LogP contribution in [0.4, 0.5) is 26.3 Å². The molecule has 24 heavy (non-hydrogen) atoms. The van der Waals surface area contributed by atoms with E-state index in [1.54, 1.807) is 0 Å². The first-order valence-corrected chi connectivity index (χ1v) is 7.95. The Balaban J connectivity index is 1.97. The molecule has 4 N–H and O–H groups in total. The van der Waals surface area contributed by atoms with Crippen LogP contribution in [0.2, 0.25) is 0 Å². The lowest BCUT2D eigenvalue weighted by molar-refractivity contribution is -0.352. The lowest BCUT2D eigenvalue weighted by Gasteiger charge is -2.42. The largest absolute Gasteiger partial charge is 0.522 e. The zero-order chi connectivity index (χ0) is 18.1. The van der Waals surface area contributed by atoms with Crippen molar-refractivity contribution in [3.05, 3.63) is 0 Å². The molecule has 2 rings (SSSR count). The van der Waals surface area contributed by atoms with Gasteiger partial charge in [0.2, 0.25) is 0 Å². The summed E-state index contributed by atoms with van der Waals surface area (Å²) < 4.78 is 82.8. The quantitative estimate of drug-likeness (QED) is 0.755. The van der Waals surface area contributed by atoms with E-state index in [-0.39, 0.29) is 24.7 Å². The second kappa shape index (κ2) is 7.35. The Morgan fingerprint density at radius 2 is 0.958 bits per heavy atom. The van der Waals surface area contributed by atoms with E-state index in [0.717, 1.165) is 0 Å². The fourth-order valence-corrected chi connectivity index (χ4v) is 3.84. The van der Waals surface area contributed by atoms with Crippen LogP contribution in [0.5, 0.6) is 0 Å². The zero-order valence-corrected chi connectivity index (χ0v) is 12.9. The van der Waals surface area contributed by atoms with Crippen molar-refractivity contribution in [2.45, 2.75) is 75.5 Å². The lowest BCUT2D eigenvalue weighted by atomic mass is 9.70. The van der Waals surface area contributed by atoms with Gasteiger partial charge in [-0.05, 0) is 50.4 Å². The molecule has 0 spiro atoms. The highest BCUT2D eigenvalue weighted by atomic mass is 19.4. The van der Waals surface area contributed by atoms with Crippen LogP contribution in [-0.2, 0) is 9.47 Å².